The highest BCUT2D eigenvalue weighted by molar-refractivity contribution is 5.41. The number of hydrogen-bond acceptors (Lipinski definition) is 1. The van der Waals surface area contributed by atoms with E-state index in [1.54, 1.807) is 6.08 Å². The van der Waals surface area contributed by atoms with Crippen molar-refractivity contribution in [3.8, 4) is 0 Å². The van der Waals surface area contributed by atoms with Crippen molar-refractivity contribution in [1.82, 2.24) is 0 Å². The van der Waals surface area contributed by atoms with E-state index in [0.29, 0.717) is 6.42 Å². The lowest BCUT2D eigenvalue weighted by Gasteiger charge is -2.33. The fourth-order valence-corrected chi connectivity index (χ4v) is 1.42. The standard InChI is InChI=1S/C11H16O/c1-5-9-7-11(3,4)10(12)6-8(9)2/h5,7,10,12H,1-2,6H2,3-4H3. The third-order valence-electron chi connectivity index (χ3n) is 2.45. The van der Waals surface area contributed by atoms with Crippen LogP contribution in [0.15, 0.2) is 36.5 Å². The van der Waals surface area contributed by atoms with Gasteiger partial charge in [0.05, 0.1) is 6.10 Å². The van der Waals surface area contributed by atoms with E-state index in [2.05, 4.69) is 13.2 Å². The topological polar surface area (TPSA) is 20.2 Å². The van der Waals surface area contributed by atoms with Crippen LogP contribution in [-0.4, -0.2) is 11.2 Å². The van der Waals surface area contributed by atoms with Crippen molar-refractivity contribution in [3.05, 3.63) is 36.5 Å². The summed E-state index contributed by atoms with van der Waals surface area (Å²) < 4.78 is 0. The molecule has 0 amide bonds. The zero-order valence-corrected chi connectivity index (χ0v) is 7.80. The summed E-state index contributed by atoms with van der Waals surface area (Å²) in [6, 6.07) is 0. The van der Waals surface area contributed by atoms with Crippen LogP contribution in [0.1, 0.15) is 20.3 Å². The zero-order valence-electron chi connectivity index (χ0n) is 7.80. The average molecular weight is 164 g/mol. The Kier molecular flexibility index (Phi) is 2.25. The van der Waals surface area contributed by atoms with Crippen molar-refractivity contribution in [2.75, 3.05) is 0 Å². The molecule has 0 radical (unpaired) electrons. The van der Waals surface area contributed by atoms with Gasteiger partial charge in [-0.2, -0.15) is 0 Å². The van der Waals surface area contributed by atoms with Gasteiger partial charge in [-0.3, -0.25) is 0 Å². The van der Waals surface area contributed by atoms with Crippen molar-refractivity contribution in [2.45, 2.75) is 26.4 Å². The molecule has 1 atom stereocenters. The van der Waals surface area contributed by atoms with Crippen molar-refractivity contribution in [2.24, 2.45) is 5.41 Å². The summed E-state index contributed by atoms with van der Waals surface area (Å²) in [5, 5.41) is 9.68. The lowest BCUT2D eigenvalue weighted by Crippen LogP contribution is -2.31. The normalized spacial score (nSPS) is 28.1. The molecule has 0 aromatic carbocycles. The summed E-state index contributed by atoms with van der Waals surface area (Å²) in [4.78, 5) is 0. The number of aliphatic hydroxyl groups is 1. The molecular formula is C11H16O. The molecule has 0 aliphatic heterocycles. The molecule has 0 saturated carbocycles. The highest BCUT2D eigenvalue weighted by Crippen LogP contribution is 2.36. The zero-order chi connectivity index (χ0) is 9.35. The van der Waals surface area contributed by atoms with Crippen LogP contribution in [-0.2, 0) is 0 Å². The summed E-state index contributed by atoms with van der Waals surface area (Å²) in [6.45, 7) is 11.6. The molecule has 1 unspecified atom stereocenters. The smallest absolute Gasteiger partial charge is 0.0666 e. The molecule has 1 N–H and O–H groups in total. The quantitative estimate of drug-likeness (QED) is 0.631. The minimum Gasteiger partial charge on any atom is -0.392 e. The molecular weight excluding hydrogens is 148 g/mol. The Balaban J connectivity index is 3.03. The third-order valence-corrected chi connectivity index (χ3v) is 2.45. The summed E-state index contributed by atoms with van der Waals surface area (Å²) in [7, 11) is 0. The highest BCUT2D eigenvalue weighted by Gasteiger charge is 2.30. The van der Waals surface area contributed by atoms with Crippen molar-refractivity contribution < 1.29 is 5.11 Å². The van der Waals surface area contributed by atoms with Gasteiger partial charge >= 0.3 is 0 Å². The van der Waals surface area contributed by atoms with Gasteiger partial charge in [0.2, 0.25) is 0 Å². The van der Waals surface area contributed by atoms with E-state index in [1.165, 1.54) is 0 Å². The number of aliphatic hydroxyl groups excluding tert-OH is 1. The van der Waals surface area contributed by atoms with Gasteiger partial charge in [-0.1, -0.05) is 39.2 Å². The molecule has 1 nitrogen and oxygen atoms in total. The van der Waals surface area contributed by atoms with Crippen molar-refractivity contribution in [3.63, 3.8) is 0 Å². The maximum absolute atomic E-state index is 9.68. The predicted molar refractivity (Wildman–Crippen MR) is 51.8 cm³/mol. The van der Waals surface area contributed by atoms with Crippen LogP contribution in [0.5, 0.6) is 0 Å². The fraction of sp³-hybridized carbons (Fsp3) is 0.455. The Morgan fingerprint density at radius 3 is 2.75 bits per heavy atom. The molecule has 0 fully saturated rings. The molecule has 1 rings (SSSR count). The van der Waals surface area contributed by atoms with E-state index in [9.17, 15) is 5.11 Å². The second-order valence-corrected chi connectivity index (χ2v) is 3.95. The minimum absolute atomic E-state index is 0.148. The molecule has 12 heavy (non-hydrogen) atoms. The second-order valence-electron chi connectivity index (χ2n) is 3.95. The third kappa shape index (κ3) is 1.51. The van der Waals surface area contributed by atoms with Crippen LogP contribution in [0.2, 0.25) is 0 Å². The molecule has 0 saturated heterocycles. The van der Waals surface area contributed by atoms with E-state index >= 15 is 0 Å². The van der Waals surface area contributed by atoms with Crippen LogP contribution in [0, 0.1) is 5.41 Å². The van der Waals surface area contributed by atoms with Gasteiger partial charge in [0.1, 0.15) is 0 Å². The first kappa shape index (κ1) is 9.27. The minimum atomic E-state index is -0.311. The predicted octanol–water partition coefficient (Wildman–Crippen LogP) is 2.45. The second kappa shape index (κ2) is 2.91. The largest absolute Gasteiger partial charge is 0.392 e. The Morgan fingerprint density at radius 2 is 2.25 bits per heavy atom. The van der Waals surface area contributed by atoms with Gasteiger partial charge in [0, 0.05) is 5.41 Å². The van der Waals surface area contributed by atoms with Crippen LogP contribution in [0.25, 0.3) is 0 Å². The average Bonchev–Trinajstić information content (AvgIpc) is 1.97. The Bertz CT molecular complexity index is 246. The maximum Gasteiger partial charge on any atom is 0.0666 e. The van der Waals surface area contributed by atoms with E-state index < -0.39 is 0 Å². The first-order valence-electron chi connectivity index (χ1n) is 4.19. The van der Waals surface area contributed by atoms with Gasteiger partial charge in [-0.15, -0.1) is 0 Å². The Labute approximate surface area is 74.1 Å². The molecule has 1 aliphatic carbocycles. The Morgan fingerprint density at radius 1 is 1.67 bits per heavy atom. The number of hydrogen-bond donors (Lipinski definition) is 1. The molecule has 1 heteroatoms. The maximum atomic E-state index is 9.68. The van der Waals surface area contributed by atoms with E-state index in [1.807, 2.05) is 19.9 Å². The highest BCUT2D eigenvalue weighted by atomic mass is 16.3. The summed E-state index contributed by atoms with van der Waals surface area (Å²) in [5.41, 5.74) is 1.91. The molecule has 0 spiro atoms. The fourth-order valence-electron chi connectivity index (χ4n) is 1.42. The molecule has 0 aromatic heterocycles. The molecule has 1 aliphatic rings. The number of rotatable bonds is 1. The molecule has 0 bridgehead atoms. The van der Waals surface area contributed by atoms with Gasteiger partial charge in [-0.05, 0) is 17.6 Å². The lowest BCUT2D eigenvalue weighted by atomic mass is 9.75. The van der Waals surface area contributed by atoms with Gasteiger partial charge in [0.25, 0.3) is 0 Å². The summed E-state index contributed by atoms with van der Waals surface area (Å²) in [6.07, 6.45) is 4.19. The molecule has 0 aromatic rings. The molecule has 0 heterocycles. The monoisotopic (exact) mass is 164 g/mol. The van der Waals surface area contributed by atoms with Crippen LogP contribution >= 0.6 is 0 Å². The van der Waals surface area contributed by atoms with Gasteiger partial charge < -0.3 is 5.11 Å². The van der Waals surface area contributed by atoms with Crippen molar-refractivity contribution >= 4 is 0 Å². The first-order valence-corrected chi connectivity index (χ1v) is 4.19. The van der Waals surface area contributed by atoms with Crippen LogP contribution in [0.3, 0.4) is 0 Å². The SMILES string of the molecule is C=CC1=CC(C)(C)C(O)CC1=C. The summed E-state index contributed by atoms with van der Waals surface area (Å²) in [5.74, 6) is 0. The summed E-state index contributed by atoms with van der Waals surface area (Å²) >= 11 is 0. The first-order chi connectivity index (χ1) is 5.47. The van der Waals surface area contributed by atoms with Gasteiger partial charge in [0.15, 0.2) is 0 Å². The lowest BCUT2D eigenvalue weighted by molar-refractivity contribution is 0.0781. The van der Waals surface area contributed by atoms with Crippen LogP contribution < -0.4 is 0 Å². The molecule has 66 valence electrons. The van der Waals surface area contributed by atoms with E-state index in [4.69, 9.17) is 0 Å². The number of allylic oxidation sites excluding steroid dienone is 2. The van der Waals surface area contributed by atoms with Crippen molar-refractivity contribution in [1.29, 1.82) is 0 Å². The Hall–Kier alpha value is -0.820. The van der Waals surface area contributed by atoms with E-state index in [-0.39, 0.29) is 11.5 Å². The van der Waals surface area contributed by atoms with E-state index in [0.717, 1.165) is 11.1 Å². The van der Waals surface area contributed by atoms with Crippen LogP contribution in [0.4, 0.5) is 0 Å². The van der Waals surface area contributed by atoms with Gasteiger partial charge in [-0.25, -0.2) is 0 Å².